The second-order valence-electron chi connectivity index (χ2n) is 8.96. The van der Waals surface area contributed by atoms with E-state index in [1.54, 1.807) is 0 Å². The maximum Gasteiger partial charge on any atom is 0.226 e. The Hall–Kier alpha value is -0.660. The highest BCUT2D eigenvalue weighted by atomic mass is 32.2. The third kappa shape index (κ3) is 3.60. The van der Waals surface area contributed by atoms with Crippen LogP contribution < -0.4 is 5.32 Å². The highest BCUT2D eigenvalue weighted by molar-refractivity contribution is 7.88. The summed E-state index contributed by atoms with van der Waals surface area (Å²) in [6.45, 7) is 4.11. The van der Waals surface area contributed by atoms with E-state index in [2.05, 4.69) is 10.2 Å². The first kappa shape index (κ1) is 17.7. The van der Waals surface area contributed by atoms with E-state index >= 15 is 0 Å². The van der Waals surface area contributed by atoms with Crippen molar-refractivity contribution in [1.29, 1.82) is 0 Å². The molecule has 5 aliphatic rings. The zero-order chi connectivity index (χ0) is 17.7. The summed E-state index contributed by atoms with van der Waals surface area (Å²) in [5.41, 5.74) is -0.0657. The fourth-order valence-electron chi connectivity index (χ4n) is 6.19. The zero-order valence-electron chi connectivity index (χ0n) is 15.2. The topological polar surface area (TPSA) is 69.7 Å². The third-order valence-corrected chi connectivity index (χ3v) is 8.34. The SMILES string of the molecule is CS(=O)(=O)N1CCN(CCNC(=O)C23CC4CC(CC(C4)C2)C3)CC1. The average Bonchev–Trinajstić information content (AvgIpc) is 2.53. The summed E-state index contributed by atoms with van der Waals surface area (Å²) in [5, 5.41) is 3.22. The molecule has 0 aromatic heterocycles. The number of amides is 1. The van der Waals surface area contributed by atoms with E-state index in [1.807, 2.05) is 0 Å². The smallest absolute Gasteiger partial charge is 0.226 e. The number of piperazine rings is 1. The van der Waals surface area contributed by atoms with Gasteiger partial charge in [0.2, 0.25) is 15.9 Å². The van der Waals surface area contributed by atoms with Gasteiger partial charge in [-0.15, -0.1) is 0 Å². The minimum absolute atomic E-state index is 0.0657. The van der Waals surface area contributed by atoms with Gasteiger partial charge in [-0.1, -0.05) is 0 Å². The molecule has 4 aliphatic carbocycles. The molecule has 0 unspecified atom stereocenters. The lowest BCUT2D eigenvalue weighted by molar-refractivity contribution is -0.146. The fourth-order valence-corrected chi connectivity index (χ4v) is 7.02. The van der Waals surface area contributed by atoms with Crippen LogP contribution in [0.5, 0.6) is 0 Å². The molecule has 0 aromatic carbocycles. The molecule has 0 aromatic rings. The summed E-state index contributed by atoms with van der Waals surface area (Å²) in [6.07, 6.45) is 8.67. The molecule has 0 spiro atoms. The molecular weight excluding hydrogens is 338 g/mol. The lowest BCUT2D eigenvalue weighted by Crippen LogP contribution is -2.55. The van der Waals surface area contributed by atoms with Crippen molar-refractivity contribution in [3.05, 3.63) is 0 Å². The summed E-state index contributed by atoms with van der Waals surface area (Å²) in [7, 11) is -3.07. The summed E-state index contributed by atoms with van der Waals surface area (Å²) in [4.78, 5) is 15.2. The largest absolute Gasteiger partial charge is 0.354 e. The molecule has 5 rings (SSSR count). The van der Waals surface area contributed by atoms with Gasteiger partial charge in [0.15, 0.2) is 0 Å². The van der Waals surface area contributed by atoms with Gasteiger partial charge in [0.05, 0.1) is 6.26 Å². The van der Waals surface area contributed by atoms with Crippen LogP contribution in [-0.4, -0.2) is 69.1 Å². The molecule has 1 heterocycles. The number of hydrogen-bond donors (Lipinski definition) is 1. The summed E-state index contributed by atoms with van der Waals surface area (Å²) < 4.78 is 24.6. The van der Waals surface area contributed by atoms with Crippen LogP contribution in [0.4, 0.5) is 0 Å². The van der Waals surface area contributed by atoms with Gasteiger partial charge < -0.3 is 5.32 Å². The molecule has 142 valence electrons. The van der Waals surface area contributed by atoms with Crippen LogP contribution in [0.2, 0.25) is 0 Å². The van der Waals surface area contributed by atoms with Crippen LogP contribution in [0.15, 0.2) is 0 Å². The second kappa shape index (κ2) is 6.50. The average molecular weight is 370 g/mol. The van der Waals surface area contributed by atoms with E-state index in [1.165, 1.54) is 29.8 Å². The summed E-state index contributed by atoms with van der Waals surface area (Å²) >= 11 is 0. The van der Waals surface area contributed by atoms with Crippen LogP contribution >= 0.6 is 0 Å². The molecule has 5 fully saturated rings. The van der Waals surface area contributed by atoms with Crippen molar-refractivity contribution in [3.63, 3.8) is 0 Å². The molecule has 0 atom stereocenters. The van der Waals surface area contributed by atoms with Gasteiger partial charge in [-0.2, -0.15) is 4.31 Å². The first-order valence-corrected chi connectivity index (χ1v) is 11.6. The Morgan fingerprint density at radius 1 is 1.00 bits per heavy atom. The molecule has 7 heteroatoms. The van der Waals surface area contributed by atoms with Crippen LogP contribution in [0.3, 0.4) is 0 Å². The van der Waals surface area contributed by atoms with E-state index < -0.39 is 10.0 Å². The Kier molecular flexibility index (Phi) is 4.61. The molecule has 4 saturated carbocycles. The van der Waals surface area contributed by atoms with Gasteiger partial charge in [-0.25, -0.2) is 8.42 Å². The molecule has 6 nitrogen and oxygen atoms in total. The minimum atomic E-state index is -3.07. The summed E-state index contributed by atoms with van der Waals surface area (Å²) in [6, 6.07) is 0. The van der Waals surface area contributed by atoms with Gasteiger partial charge in [0, 0.05) is 44.7 Å². The molecule has 0 radical (unpaired) electrons. The van der Waals surface area contributed by atoms with Crippen molar-refractivity contribution < 1.29 is 13.2 Å². The van der Waals surface area contributed by atoms with Crippen molar-refractivity contribution in [1.82, 2.24) is 14.5 Å². The highest BCUT2D eigenvalue weighted by Gasteiger charge is 2.54. The van der Waals surface area contributed by atoms with Crippen LogP contribution in [-0.2, 0) is 14.8 Å². The van der Waals surface area contributed by atoms with Crippen molar-refractivity contribution in [3.8, 4) is 0 Å². The monoisotopic (exact) mass is 369 g/mol. The van der Waals surface area contributed by atoms with Crippen molar-refractivity contribution in [2.75, 3.05) is 45.5 Å². The molecule has 1 N–H and O–H groups in total. The first-order chi connectivity index (χ1) is 11.8. The number of sulfonamides is 1. The van der Waals surface area contributed by atoms with E-state index in [-0.39, 0.29) is 5.41 Å². The van der Waals surface area contributed by atoms with E-state index in [4.69, 9.17) is 0 Å². The number of nitrogens with zero attached hydrogens (tertiary/aromatic N) is 2. The predicted octanol–water partition coefficient (Wildman–Crippen LogP) is 0.896. The Bertz CT molecular complexity index is 590. The number of carbonyl (C=O) groups is 1. The van der Waals surface area contributed by atoms with Gasteiger partial charge >= 0.3 is 0 Å². The fraction of sp³-hybridized carbons (Fsp3) is 0.944. The molecule has 4 bridgehead atoms. The Balaban J connectivity index is 1.24. The molecule has 1 aliphatic heterocycles. The molecular formula is C18H31N3O3S. The Morgan fingerprint density at radius 2 is 1.52 bits per heavy atom. The first-order valence-electron chi connectivity index (χ1n) is 9.80. The van der Waals surface area contributed by atoms with Gasteiger partial charge in [-0.05, 0) is 56.3 Å². The maximum atomic E-state index is 12.9. The number of rotatable bonds is 5. The maximum absolute atomic E-state index is 12.9. The zero-order valence-corrected chi connectivity index (χ0v) is 16.1. The van der Waals surface area contributed by atoms with Crippen LogP contribution in [0.1, 0.15) is 38.5 Å². The lowest BCUT2D eigenvalue weighted by Gasteiger charge is -2.55. The number of hydrogen-bond acceptors (Lipinski definition) is 4. The molecule has 1 amide bonds. The van der Waals surface area contributed by atoms with Crippen molar-refractivity contribution >= 4 is 15.9 Å². The van der Waals surface area contributed by atoms with Crippen LogP contribution in [0.25, 0.3) is 0 Å². The third-order valence-electron chi connectivity index (χ3n) is 7.03. The van der Waals surface area contributed by atoms with E-state index in [0.717, 1.165) is 56.7 Å². The number of nitrogens with one attached hydrogen (secondary N) is 1. The highest BCUT2D eigenvalue weighted by Crippen LogP contribution is 2.60. The standard InChI is InChI=1S/C18H31N3O3S/c1-25(23,24)21-6-4-20(5-7-21)3-2-19-17(22)18-11-14-8-15(12-18)10-16(9-14)13-18/h14-16H,2-13H2,1H3,(H,19,22). The van der Waals surface area contributed by atoms with Crippen molar-refractivity contribution in [2.45, 2.75) is 38.5 Å². The van der Waals surface area contributed by atoms with Crippen LogP contribution in [0, 0.1) is 23.2 Å². The second-order valence-corrected chi connectivity index (χ2v) is 10.9. The Labute approximate surface area is 151 Å². The predicted molar refractivity (Wildman–Crippen MR) is 96.5 cm³/mol. The Morgan fingerprint density at radius 3 is 2.00 bits per heavy atom. The lowest BCUT2D eigenvalue weighted by atomic mass is 9.49. The normalized spacial score (nSPS) is 38.8. The molecule has 25 heavy (non-hydrogen) atoms. The minimum Gasteiger partial charge on any atom is -0.354 e. The van der Waals surface area contributed by atoms with Gasteiger partial charge in [0.1, 0.15) is 0 Å². The van der Waals surface area contributed by atoms with E-state index in [0.29, 0.717) is 25.5 Å². The summed E-state index contributed by atoms with van der Waals surface area (Å²) in [5.74, 6) is 2.67. The van der Waals surface area contributed by atoms with Gasteiger partial charge in [0.25, 0.3) is 0 Å². The van der Waals surface area contributed by atoms with Gasteiger partial charge in [-0.3, -0.25) is 9.69 Å². The number of carbonyl (C=O) groups excluding carboxylic acids is 1. The van der Waals surface area contributed by atoms with Crippen molar-refractivity contribution in [2.24, 2.45) is 23.2 Å². The van der Waals surface area contributed by atoms with E-state index in [9.17, 15) is 13.2 Å². The molecule has 1 saturated heterocycles. The quantitative estimate of drug-likeness (QED) is 0.782.